The molecule has 0 aromatic heterocycles. The predicted molar refractivity (Wildman–Crippen MR) is 134 cm³/mol. The van der Waals surface area contributed by atoms with E-state index in [-0.39, 0.29) is 47.8 Å². The average molecular weight is 525 g/mol. The molecule has 5 rings (SSSR count). The number of fused-ring (bicyclic) bond motifs is 1. The molecular formula is C27H32N4O7. The van der Waals surface area contributed by atoms with E-state index < -0.39 is 35.6 Å². The normalized spacial score (nSPS) is 26.3. The Kier molecular flexibility index (Phi) is 6.93. The fourth-order valence-electron chi connectivity index (χ4n) is 6.30. The van der Waals surface area contributed by atoms with Gasteiger partial charge >= 0.3 is 5.97 Å². The van der Waals surface area contributed by atoms with Crippen LogP contribution >= 0.6 is 0 Å². The third-order valence-corrected chi connectivity index (χ3v) is 8.58. The quantitative estimate of drug-likeness (QED) is 0.550. The fourth-order valence-corrected chi connectivity index (χ4v) is 6.30. The Balaban J connectivity index is 1.25. The second-order valence-electron chi connectivity index (χ2n) is 10.7. The first-order valence-electron chi connectivity index (χ1n) is 13.3. The number of nitrogens with one attached hydrogen (secondary N) is 1. The lowest BCUT2D eigenvalue weighted by Gasteiger charge is -2.38. The van der Waals surface area contributed by atoms with Crippen LogP contribution in [0.15, 0.2) is 18.2 Å². The number of benzene rings is 1. The third kappa shape index (κ3) is 4.54. The van der Waals surface area contributed by atoms with Gasteiger partial charge in [-0.05, 0) is 57.1 Å². The molecule has 202 valence electrons. The van der Waals surface area contributed by atoms with Gasteiger partial charge in [0.2, 0.25) is 17.7 Å². The van der Waals surface area contributed by atoms with Crippen LogP contribution in [0.2, 0.25) is 0 Å². The fraction of sp³-hybridized carbons (Fsp3) is 0.556. The molecule has 0 bridgehead atoms. The average Bonchev–Trinajstić information content (AvgIpc) is 3.17. The second kappa shape index (κ2) is 10.2. The van der Waals surface area contributed by atoms with Gasteiger partial charge in [0.15, 0.2) is 0 Å². The van der Waals surface area contributed by atoms with Crippen LogP contribution in [0.3, 0.4) is 0 Å². The SMILES string of the molecule is CN(c1cccc2c1C(=O)N(C1CCC(=O)NC1=O)C2=O)[C@H]1CC[C@H](C(=O)N2CCC(C(=O)O)CC2)CC1. The van der Waals surface area contributed by atoms with E-state index in [0.717, 1.165) is 17.7 Å². The summed E-state index contributed by atoms with van der Waals surface area (Å²) in [7, 11) is 1.88. The summed E-state index contributed by atoms with van der Waals surface area (Å²) in [4.78, 5) is 79.6. The molecule has 1 unspecified atom stereocenters. The van der Waals surface area contributed by atoms with Crippen molar-refractivity contribution < 1.29 is 33.9 Å². The molecule has 2 saturated heterocycles. The van der Waals surface area contributed by atoms with Crippen LogP contribution in [-0.4, -0.2) is 82.6 Å². The van der Waals surface area contributed by atoms with E-state index in [1.807, 2.05) is 11.9 Å². The first-order valence-corrected chi connectivity index (χ1v) is 13.3. The van der Waals surface area contributed by atoms with Crippen LogP contribution in [0.5, 0.6) is 0 Å². The van der Waals surface area contributed by atoms with Crippen molar-refractivity contribution in [3.05, 3.63) is 29.3 Å². The number of carboxylic acid groups (broad SMARTS) is 1. The molecule has 4 aliphatic rings. The Hall–Kier alpha value is -3.76. The van der Waals surface area contributed by atoms with Crippen molar-refractivity contribution >= 4 is 41.2 Å². The molecule has 1 aromatic rings. The van der Waals surface area contributed by atoms with Gasteiger partial charge in [0.05, 0.1) is 22.7 Å². The minimum Gasteiger partial charge on any atom is -0.481 e. The Labute approximate surface area is 220 Å². The minimum atomic E-state index is -1.01. The van der Waals surface area contributed by atoms with Gasteiger partial charge in [-0.1, -0.05) is 6.07 Å². The van der Waals surface area contributed by atoms with Crippen LogP contribution in [-0.2, 0) is 19.2 Å². The summed E-state index contributed by atoms with van der Waals surface area (Å²) in [5, 5.41) is 11.4. The number of carbonyl (C=O) groups excluding carboxylic acids is 5. The van der Waals surface area contributed by atoms with Gasteiger partial charge in [0.1, 0.15) is 6.04 Å². The Morgan fingerprint density at radius 1 is 0.921 bits per heavy atom. The summed E-state index contributed by atoms with van der Waals surface area (Å²) in [6.45, 7) is 0.956. The highest BCUT2D eigenvalue weighted by atomic mass is 16.4. The number of likely N-dealkylation sites (tertiary alicyclic amines) is 1. The lowest BCUT2D eigenvalue weighted by atomic mass is 9.83. The van der Waals surface area contributed by atoms with Crippen molar-refractivity contribution in [2.45, 2.75) is 63.5 Å². The molecule has 5 amide bonds. The van der Waals surface area contributed by atoms with Crippen molar-refractivity contribution in [3.8, 4) is 0 Å². The molecule has 38 heavy (non-hydrogen) atoms. The van der Waals surface area contributed by atoms with E-state index in [9.17, 15) is 33.9 Å². The van der Waals surface area contributed by atoms with Crippen molar-refractivity contribution in [2.24, 2.45) is 11.8 Å². The summed E-state index contributed by atoms with van der Waals surface area (Å²) < 4.78 is 0. The van der Waals surface area contributed by atoms with Gasteiger partial charge in [0.25, 0.3) is 11.8 Å². The van der Waals surface area contributed by atoms with Crippen LogP contribution in [0.25, 0.3) is 0 Å². The summed E-state index contributed by atoms with van der Waals surface area (Å²) in [6.07, 6.45) is 4.00. The van der Waals surface area contributed by atoms with Gasteiger partial charge in [-0.2, -0.15) is 0 Å². The van der Waals surface area contributed by atoms with Crippen LogP contribution in [0.4, 0.5) is 5.69 Å². The Morgan fingerprint density at radius 2 is 1.61 bits per heavy atom. The number of imide groups is 2. The zero-order chi connectivity index (χ0) is 27.1. The first-order chi connectivity index (χ1) is 18.2. The third-order valence-electron chi connectivity index (χ3n) is 8.58. The van der Waals surface area contributed by atoms with Crippen molar-refractivity contribution in [3.63, 3.8) is 0 Å². The topological polar surface area (TPSA) is 144 Å². The van der Waals surface area contributed by atoms with Gasteiger partial charge in [-0.3, -0.25) is 39.0 Å². The zero-order valence-electron chi connectivity index (χ0n) is 21.4. The van der Waals surface area contributed by atoms with Gasteiger partial charge < -0.3 is 14.9 Å². The Bertz CT molecular complexity index is 1200. The van der Waals surface area contributed by atoms with Crippen molar-refractivity contribution in [1.82, 2.24) is 15.1 Å². The number of piperidine rings is 2. The summed E-state index contributed by atoms with van der Waals surface area (Å²) >= 11 is 0. The number of anilines is 1. The van der Waals surface area contributed by atoms with E-state index in [4.69, 9.17) is 0 Å². The van der Waals surface area contributed by atoms with Crippen molar-refractivity contribution in [2.75, 3.05) is 25.0 Å². The van der Waals surface area contributed by atoms with Gasteiger partial charge in [-0.25, -0.2) is 0 Å². The van der Waals surface area contributed by atoms with E-state index in [2.05, 4.69) is 5.32 Å². The van der Waals surface area contributed by atoms with E-state index in [1.54, 1.807) is 23.1 Å². The molecule has 3 aliphatic heterocycles. The Morgan fingerprint density at radius 3 is 2.24 bits per heavy atom. The molecule has 1 atom stereocenters. The van der Waals surface area contributed by atoms with Gasteiger partial charge in [-0.15, -0.1) is 0 Å². The predicted octanol–water partition coefficient (Wildman–Crippen LogP) is 1.41. The largest absolute Gasteiger partial charge is 0.481 e. The summed E-state index contributed by atoms with van der Waals surface area (Å²) in [5.41, 5.74) is 1.13. The number of carbonyl (C=O) groups is 6. The lowest BCUT2D eigenvalue weighted by molar-refractivity contribution is -0.147. The molecule has 3 fully saturated rings. The van der Waals surface area contributed by atoms with Crippen LogP contribution < -0.4 is 10.2 Å². The van der Waals surface area contributed by atoms with Crippen molar-refractivity contribution in [1.29, 1.82) is 0 Å². The highest BCUT2D eigenvalue weighted by molar-refractivity contribution is 6.25. The number of nitrogens with zero attached hydrogens (tertiary/aromatic N) is 3. The van der Waals surface area contributed by atoms with Crippen LogP contribution in [0.1, 0.15) is 72.1 Å². The zero-order valence-corrected chi connectivity index (χ0v) is 21.4. The van der Waals surface area contributed by atoms with E-state index in [0.29, 0.717) is 44.5 Å². The monoisotopic (exact) mass is 524 g/mol. The summed E-state index contributed by atoms with van der Waals surface area (Å²) in [6, 6.07) is 4.15. The second-order valence-corrected chi connectivity index (χ2v) is 10.7. The maximum atomic E-state index is 13.4. The number of carboxylic acids is 1. The minimum absolute atomic E-state index is 0.0656. The standard InChI is InChI=1S/C27H32N4O7/c1-29(17-7-5-15(6-8-17)24(34)30-13-11-16(12-14-30)27(37)38)19-4-2-3-18-22(19)26(36)31(25(18)35)20-9-10-21(32)28-23(20)33/h2-4,15-17,20H,5-14H2,1H3,(H,37,38)(H,28,32,33)/t15-,17-,20?. The molecule has 11 heteroatoms. The molecular weight excluding hydrogens is 492 g/mol. The molecule has 11 nitrogen and oxygen atoms in total. The number of rotatable bonds is 5. The molecule has 0 radical (unpaired) electrons. The number of hydrogen-bond donors (Lipinski definition) is 2. The molecule has 3 heterocycles. The smallest absolute Gasteiger partial charge is 0.306 e. The number of aliphatic carboxylic acids is 1. The van der Waals surface area contributed by atoms with E-state index >= 15 is 0 Å². The van der Waals surface area contributed by atoms with Gasteiger partial charge in [0, 0.05) is 38.5 Å². The maximum Gasteiger partial charge on any atom is 0.306 e. The number of hydrogen-bond acceptors (Lipinski definition) is 7. The summed E-state index contributed by atoms with van der Waals surface area (Å²) in [5.74, 6) is -3.30. The highest BCUT2D eigenvalue weighted by Gasteiger charge is 2.46. The van der Waals surface area contributed by atoms with Crippen LogP contribution in [0, 0.1) is 11.8 Å². The lowest BCUT2D eigenvalue weighted by Crippen LogP contribution is -2.54. The molecule has 1 aliphatic carbocycles. The molecule has 1 aromatic carbocycles. The highest BCUT2D eigenvalue weighted by Crippen LogP contribution is 2.37. The maximum absolute atomic E-state index is 13.4. The molecule has 1 saturated carbocycles. The first kappa shape index (κ1) is 25.9. The van der Waals surface area contributed by atoms with E-state index in [1.165, 1.54) is 0 Å². The number of amides is 5. The molecule has 2 N–H and O–H groups in total. The molecule has 0 spiro atoms.